The lowest BCUT2D eigenvalue weighted by molar-refractivity contribution is -0.126. The topological polar surface area (TPSA) is 49.4 Å². The average molecular weight is 357 g/mol. The highest BCUT2D eigenvalue weighted by molar-refractivity contribution is 6.30. The van der Waals surface area contributed by atoms with Crippen LogP contribution >= 0.6 is 11.6 Å². The summed E-state index contributed by atoms with van der Waals surface area (Å²) in [4.78, 5) is 26.6. The maximum Gasteiger partial charge on any atom is 0.227 e. The van der Waals surface area contributed by atoms with Gasteiger partial charge in [0.2, 0.25) is 11.8 Å². The molecule has 0 aromatic heterocycles. The van der Waals surface area contributed by atoms with Crippen molar-refractivity contribution in [3.05, 3.63) is 64.7 Å². The summed E-state index contributed by atoms with van der Waals surface area (Å²) in [6, 6.07) is 15.2. The third kappa shape index (κ3) is 4.02. The molecule has 1 heterocycles. The van der Waals surface area contributed by atoms with Gasteiger partial charge in [0.05, 0.1) is 5.92 Å². The van der Waals surface area contributed by atoms with Crippen molar-refractivity contribution in [2.45, 2.75) is 26.3 Å². The third-order valence-corrected chi connectivity index (χ3v) is 4.79. The number of nitrogens with one attached hydrogen (secondary N) is 1. The molecule has 1 saturated heterocycles. The lowest BCUT2D eigenvalue weighted by Crippen LogP contribution is -2.32. The van der Waals surface area contributed by atoms with Gasteiger partial charge in [-0.15, -0.1) is 0 Å². The second-order valence-corrected chi connectivity index (χ2v) is 6.67. The number of nitrogens with zero attached hydrogens (tertiary/aromatic N) is 1. The van der Waals surface area contributed by atoms with E-state index >= 15 is 0 Å². The maximum atomic E-state index is 12.4. The zero-order valence-electron chi connectivity index (χ0n) is 14.2. The molecule has 0 radical (unpaired) electrons. The molecular formula is C20H21ClN2O2. The molecule has 1 fully saturated rings. The Hall–Kier alpha value is -2.33. The molecule has 0 spiro atoms. The Morgan fingerprint density at radius 1 is 1.20 bits per heavy atom. The third-order valence-electron chi connectivity index (χ3n) is 4.54. The van der Waals surface area contributed by atoms with Crippen LogP contribution in [0.15, 0.2) is 48.5 Å². The second-order valence-electron chi connectivity index (χ2n) is 6.23. The van der Waals surface area contributed by atoms with Crippen LogP contribution in [0, 0.1) is 5.92 Å². The number of rotatable bonds is 5. The van der Waals surface area contributed by atoms with Crippen molar-refractivity contribution < 1.29 is 9.59 Å². The largest absolute Gasteiger partial charge is 0.352 e. The molecule has 4 nitrogen and oxygen atoms in total. The molecule has 1 aliphatic rings. The van der Waals surface area contributed by atoms with Gasteiger partial charge in [-0.2, -0.15) is 0 Å². The van der Waals surface area contributed by atoms with E-state index < -0.39 is 0 Å². The number of halogens is 1. The first-order valence-electron chi connectivity index (χ1n) is 8.49. The summed E-state index contributed by atoms with van der Waals surface area (Å²) < 4.78 is 0. The van der Waals surface area contributed by atoms with Crippen molar-refractivity contribution in [2.75, 3.05) is 11.4 Å². The molecule has 5 heteroatoms. The Morgan fingerprint density at radius 2 is 1.92 bits per heavy atom. The Bertz CT molecular complexity index is 774. The molecule has 1 unspecified atom stereocenters. The summed E-state index contributed by atoms with van der Waals surface area (Å²) in [6.45, 7) is 2.93. The van der Waals surface area contributed by atoms with Gasteiger partial charge in [-0.25, -0.2) is 0 Å². The van der Waals surface area contributed by atoms with Crippen molar-refractivity contribution in [1.29, 1.82) is 0 Å². The average Bonchev–Trinajstić information content (AvgIpc) is 3.02. The highest BCUT2D eigenvalue weighted by Gasteiger charge is 2.35. The molecule has 0 bridgehead atoms. The predicted molar refractivity (Wildman–Crippen MR) is 99.6 cm³/mol. The summed E-state index contributed by atoms with van der Waals surface area (Å²) in [7, 11) is 0. The summed E-state index contributed by atoms with van der Waals surface area (Å²) in [5.41, 5.74) is 3.02. The van der Waals surface area contributed by atoms with Gasteiger partial charge in [-0.05, 0) is 35.7 Å². The number of carbonyl (C=O) groups is 2. The number of amides is 2. The van der Waals surface area contributed by atoms with Crippen LogP contribution < -0.4 is 10.2 Å². The molecule has 2 aromatic carbocycles. The van der Waals surface area contributed by atoms with E-state index in [1.54, 1.807) is 17.0 Å². The van der Waals surface area contributed by atoms with Crippen molar-refractivity contribution >= 4 is 29.1 Å². The fourth-order valence-corrected chi connectivity index (χ4v) is 3.25. The van der Waals surface area contributed by atoms with Gasteiger partial charge in [0.25, 0.3) is 0 Å². The minimum Gasteiger partial charge on any atom is -0.352 e. The Labute approximate surface area is 152 Å². The lowest BCUT2D eigenvalue weighted by atomic mass is 10.1. The first-order chi connectivity index (χ1) is 12.1. The number of anilines is 1. The molecule has 2 amide bonds. The Kier molecular flexibility index (Phi) is 5.39. The van der Waals surface area contributed by atoms with Gasteiger partial charge in [0, 0.05) is 30.2 Å². The summed E-state index contributed by atoms with van der Waals surface area (Å²) >= 11 is 5.86. The number of carbonyl (C=O) groups excluding carboxylic acids is 2. The molecule has 2 aromatic rings. The Morgan fingerprint density at radius 3 is 2.64 bits per heavy atom. The maximum absolute atomic E-state index is 12.4. The van der Waals surface area contributed by atoms with Gasteiger partial charge >= 0.3 is 0 Å². The van der Waals surface area contributed by atoms with Crippen LogP contribution in [0.1, 0.15) is 24.5 Å². The fourth-order valence-electron chi connectivity index (χ4n) is 3.12. The molecule has 0 aliphatic carbocycles. The molecule has 1 atom stereocenters. The van der Waals surface area contributed by atoms with Crippen LogP contribution in [0.2, 0.25) is 5.02 Å². The SMILES string of the molecule is CCc1ccccc1N1CC(C(=O)NCc2ccc(Cl)cc2)CC1=O. The van der Waals surface area contributed by atoms with E-state index in [0.29, 0.717) is 18.1 Å². The summed E-state index contributed by atoms with van der Waals surface area (Å²) in [5.74, 6) is -0.392. The van der Waals surface area contributed by atoms with Gasteiger partial charge < -0.3 is 10.2 Å². The molecular weight excluding hydrogens is 336 g/mol. The highest BCUT2D eigenvalue weighted by Crippen LogP contribution is 2.28. The Balaban J connectivity index is 1.63. The van der Waals surface area contributed by atoms with E-state index in [2.05, 4.69) is 12.2 Å². The minimum atomic E-state index is -0.315. The van der Waals surface area contributed by atoms with Crippen LogP contribution in [-0.2, 0) is 22.6 Å². The molecule has 3 rings (SSSR count). The lowest BCUT2D eigenvalue weighted by Gasteiger charge is -2.20. The zero-order valence-corrected chi connectivity index (χ0v) is 14.9. The normalized spacial score (nSPS) is 17.0. The highest BCUT2D eigenvalue weighted by atomic mass is 35.5. The zero-order chi connectivity index (χ0) is 17.8. The predicted octanol–water partition coefficient (Wildman–Crippen LogP) is 3.57. The number of hydrogen-bond acceptors (Lipinski definition) is 2. The van der Waals surface area contributed by atoms with Crippen molar-refractivity contribution in [1.82, 2.24) is 5.32 Å². The van der Waals surface area contributed by atoms with Crippen LogP contribution in [-0.4, -0.2) is 18.4 Å². The minimum absolute atomic E-state index is 0.00698. The van der Waals surface area contributed by atoms with Crippen molar-refractivity contribution in [3.63, 3.8) is 0 Å². The van der Waals surface area contributed by atoms with E-state index in [1.807, 2.05) is 36.4 Å². The molecule has 1 aliphatic heterocycles. The quantitative estimate of drug-likeness (QED) is 0.890. The van der Waals surface area contributed by atoms with Crippen LogP contribution in [0.3, 0.4) is 0 Å². The molecule has 1 N–H and O–H groups in total. The number of hydrogen-bond donors (Lipinski definition) is 1. The number of benzene rings is 2. The monoisotopic (exact) mass is 356 g/mol. The van der Waals surface area contributed by atoms with E-state index in [-0.39, 0.29) is 24.2 Å². The smallest absolute Gasteiger partial charge is 0.227 e. The number of aryl methyl sites for hydroxylation is 1. The standard InChI is InChI=1S/C20H21ClN2O2/c1-2-15-5-3-4-6-18(15)23-13-16(11-19(23)24)20(25)22-12-14-7-9-17(21)10-8-14/h3-10,16H,2,11-13H2,1H3,(H,22,25). The molecule has 130 valence electrons. The van der Waals surface area contributed by atoms with Crippen LogP contribution in [0.5, 0.6) is 0 Å². The second kappa shape index (κ2) is 7.70. The first kappa shape index (κ1) is 17.5. The van der Waals surface area contributed by atoms with E-state index in [4.69, 9.17) is 11.6 Å². The summed E-state index contributed by atoms with van der Waals surface area (Å²) in [5, 5.41) is 3.59. The van der Waals surface area contributed by atoms with Gasteiger partial charge in [0.15, 0.2) is 0 Å². The van der Waals surface area contributed by atoms with E-state index in [1.165, 1.54) is 0 Å². The fraction of sp³-hybridized carbons (Fsp3) is 0.300. The van der Waals surface area contributed by atoms with Crippen molar-refractivity contribution in [3.8, 4) is 0 Å². The van der Waals surface area contributed by atoms with E-state index in [0.717, 1.165) is 23.2 Å². The number of para-hydroxylation sites is 1. The van der Waals surface area contributed by atoms with Gasteiger partial charge in [-0.1, -0.05) is 48.9 Å². The van der Waals surface area contributed by atoms with Crippen LogP contribution in [0.25, 0.3) is 0 Å². The summed E-state index contributed by atoms with van der Waals surface area (Å²) in [6.07, 6.45) is 1.11. The molecule has 0 saturated carbocycles. The van der Waals surface area contributed by atoms with Crippen molar-refractivity contribution in [2.24, 2.45) is 5.92 Å². The molecule has 25 heavy (non-hydrogen) atoms. The van der Waals surface area contributed by atoms with Gasteiger partial charge in [0.1, 0.15) is 0 Å². The van der Waals surface area contributed by atoms with E-state index in [9.17, 15) is 9.59 Å². The first-order valence-corrected chi connectivity index (χ1v) is 8.86. The van der Waals surface area contributed by atoms with Gasteiger partial charge in [-0.3, -0.25) is 9.59 Å². The van der Waals surface area contributed by atoms with Crippen LogP contribution in [0.4, 0.5) is 5.69 Å².